The first kappa shape index (κ1) is 15.9. The molecule has 1 N–H and O–H groups in total. The fourth-order valence-electron chi connectivity index (χ4n) is 1.84. The molecule has 0 spiro atoms. The summed E-state index contributed by atoms with van der Waals surface area (Å²) in [4.78, 5) is 13.4. The van der Waals surface area contributed by atoms with E-state index in [9.17, 15) is 4.79 Å². The molecular weight excluding hydrogens is 302 g/mol. The summed E-state index contributed by atoms with van der Waals surface area (Å²) in [6.07, 6.45) is 0. The predicted molar refractivity (Wildman–Crippen MR) is 91.3 cm³/mol. The zero-order valence-corrected chi connectivity index (χ0v) is 13.9. The Balaban J connectivity index is 2.02. The lowest BCUT2D eigenvalue weighted by atomic mass is 10.2. The van der Waals surface area contributed by atoms with Crippen molar-refractivity contribution in [2.24, 2.45) is 0 Å². The van der Waals surface area contributed by atoms with Gasteiger partial charge in [-0.3, -0.25) is 4.79 Å². The van der Waals surface area contributed by atoms with Gasteiger partial charge in [-0.05, 0) is 50.6 Å². The minimum absolute atomic E-state index is 0.0223. The van der Waals surface area contributed by atoms with Crippen LogP contribution in [-0.4, -0.2) is 11.2 Å². The van der Waals surface area contributed by atoms with Crippen LogP contribution in [0.1, 0.15) is 18.1 Å². The summed E-state index contributed by atoms with van der Waals surface area (Å²) in [6.45, 7) is 5.90. The summed E-state index contributed by atoms with van der Waals surface area (Å²) in [7, 11) is 0. The van der Waals surface area contributed by atoms with Crippen LogP contribution in [0.4, 0.5) is 5.69 Å². The molecule has 0 aliphatic heterocycles. The van der Waals surface area contributed by atoms with E-state index < -0.39 is 0 Å². The number of amides is 1. The molecule has 2 aromatic carbocycles. The maximum Gasteiger partial charge on any atom is 0.237 e. The number of hydrogen-bond donors (Lipinski definition) is 1. The minimum atomic E-state index is -0.175. The molecule has 0 radical (unpaired) electrons. The smallest absolute Gasteiger partial charge is 0.237 e. The maximum absolute atomic E-state index is 12.3. The van der Waals surface area contributed by atoms with Gasteiger partial charge in [0.25, 0.3) is 0 Å². The van der Waals surface area contributed by atoms with E-state index in [-0.39, 0.29) is 11.2 Å². The van der Waals surface area contributed by atoms with Gasteiger partial charge in [0.1, 0.15) is 0 Å². The molecule has 0 saturated heterocycles. The van der Waals surface area contributed by atoms with Crippen LogP contribution in [0.2, 0.25) is 5.02 Å². The highest BCUT2D eigenvalue weighted by atomic mass is 35.5. The van der Waals surface area contributed by atoms with Crippen LogP contribution in [0.3, 0.4) is 0 Å². The maximum atomic E-state index is 12.3. The molecule has 0 aliphatic carbocycles. The number of benzene rings is 2. The quantitative estimate of drug-likeness (QED) is 0.796. The van der Waals surface area contributed by atoms with Crippen molar-refractivity contribution < 1.29 is 4.79 Å². The summed E-state index contributed by atoms with van der Waals surface area (Å²) in [5.74, 6) is -0.0223. The zero-order valence-electron chi connectivity index (χ0n) is 12.3. The largest absolute Gasteiger partial charge is 0.325 e. The van der Waals surface area contributed by atoms with E-state index in [1.807, 2.05) is 57.2 Å². The van der Waals surface area contributed by atoms with Crippen molar-refractivity contribution in [3.8, 4) is 0 Å². The molecule has 2 nitrogen and oxygen atoms in total. The summed E-state index contributed by atoms with van der Waals surface area (Å²) < 4.78 is 0. The van der Waals surface area contributed by atoms with Crippen molar-refractivity contribution in [1.82, 2.24) is 0 Å². The van der Waals surface area contributed by atoms with E-state index >= 15 is 0 Å². The van der Waals surface area contributed by atoms with E-state index in [0.717, 1.165) is 16.1 Å². The third-order valence-electron chi connectivity index (χ3n) is 3.16. The van der Waals surface area contributed by atoms with E-state index in [1.54, 1.807) is 17.8 Å². The van der Waals surface area contributed by atoms with Crippen molar-refractivity contribution >= 4 is 35.0 Å². The van der Waals surface area contributed by atoms with Gasteiger partial charge in [-0.15, -0.1) is 11.8 Å². The van der Waals surface area contributed by atoms with Gasteiger partial charge >= 0.3 is 0 Å². The van der Waals surface area contributed by atoms with Gasteiger partial charge in [0, 0.05) is 15.6 Å². The van der Waals surface area contributed by atoms with Gasteiger partial charge in [-0.25, -0.2) is 0 Å². The summed E-state index contributed by atoms with van der Waals surface area (Å²) >= 11 is 7.51. The molecular formula is C17H18ClNOS. The number of halogens is 1. The monoisotopic (exact) mass is 319 g/mol. The molecule has 1 atom stereocenters. The molecule has 0 unspecified atom stereocenters. The Hall–Kier alpha value is -1.45. The Bertz CT molecular complexity index is 640. The second-order valence-electron chi connectivity index (χ2n) is 5.02. The fraction of sp³-hybridized carbons (Fsp3) is 0.235. The first-order valence-electron chi connectivity index (χ1n) is 6.76. The topological polar surface area (TPSA) is 29.1 Å². The lowest BCUT2D eigenvalue weighted by Gasteiger charge is -2.14. The van der Waals surface area contributed by atoms with E-state index in [2.05, 4.69) is 5.32 Å². The van der Waals surface area contributed by atoms with Crippen LogP contribution >= 0.6 is 23.4 Å². The summed E-state index contributed by atoms with van der Waals surface area (Å²) in [5.41, 5.74) is 2.98. The minimum Gasteiger partial charge on any atom is -0.325 e. The summed E-state index contributed by atoms with van der Waals surface area (Å²) in [5, 5.41) is 3.38. The molecule has 2 aromatic rings. The molecule has 0 aromatic heterocycles. The number of rotatable bonds is 4. The van der Waals surface area contributed by atoms with Gasteiger partial charge < -0.3 is 5.32 Å². The highest BCUT2D eigenvalue weighted by molar-refractivity contribution is 8.00. The number of anilines is 1. The number of thioether (sulfide) groups is 1. The van der Waals surface area contributed by atoms with Crippen molar-refractivity contribution in [1.29, 1.82) is 0 Å². The first-order valence-corrected chi connectivity index (χ1v) is 8.02. The van der Waals surface area contributed by atoms with Crippen LogP contribution in [0.25, 0.3) is 0 Å². The van der Waals surface area contributed by atoms with Crippen LogP contribution < -0.4 is 5.32 Å². The van der Waals surface area contributed by atoms with Crippen molar-refractivity contribution in [3.05, 3.63) is 58.6 Å². The molecule has 21 heavy (non-hydrogen) atoms. The number of hydrogen-bond acceptors (Lipinski definition) is 2. The van der Waals surface area contributed by atoms with E-state index in [4.69, 9.17) is 11.6 Å². The SMILES string of the molecule is Cc1ccc(S[C@@H](C)C(=O)Nc2cc(Cl)ccc2C)cc1. The Morgan fingerprint density at radius 3 is 2.48 bits per heavy atom. The van der Waals surface area contributed by atoms with Gasteiger partial charge in [-0.1, -0.05) is 35.4 Å². The lowest BCUT2D eigenvalue weighted by Crippen LogP contribution is -2.22. The molecule has 110 valence electrons. The third kappa shape index (κ3) is 4.51. The highest BCUT2D eigenvalue weighted by Crippen LogP contribution is 2.26. The Morgan fingerprint density at radius 1 is 1.14 bits per heavy atom. The number of aryl methyl sites for hydroxylation is 2. The van der Waals surface area contributed by atoms with E-state index in [1.165, 1.54) is 5.56 Å². The Labute approximate surface area is 134 Å². The second kappa shape index (κ2) is 7.01. The predicted octanol–water partition coefficient (Wildman–Crippen LogP) is 5.08. The second-order valence-corrected chi connectivity index (χ2v) is 6.87. The number of carbonyl (C=O) groups excluding carboxylic acids is 1. The third-order valence-corrected chi connectivity index (χ3v) is 4.51. The van der Waals surface area contributed by atoms with Gasteiger partial charge in [-0.2, -0.15) is 0 Å². The molecule has 0 heterocycles. The molecule has 4 heteroatoms. The number of carbonyl (C=O) groups is 1. The molecule has 1 amide bonds. The van der Waals surface area contributed by atoms with Crippen LogP contribution in [0, 0.1) is 13.8 Å². The lowest BCUT2D eigenvalue weighted by molar-refractivity contribution is -0.115. The first-order chi connectivity index (χ1) is 9.95. The Morgan fingerprint density at radius 2 is 1.81 bits per heavy atom. The van der Waals surface area contributed by atoms with Crippen molar-refractivity contribution in [2.75, 3.05) is 5.32 Å². The Kier molecular flexibility index (Phi) is 5.32. The van der Waals surface area contributed by atoms with E-state index in [0.29, 0.717) is 5.02 Å². The van der Waals surface area contributed by atoms with Crippen molar-refractivity contribution in [2.45, 2.75) is 30.9 Å². The molecule has 2 rings (SSSR count). The van der Waals surface area contributed by atoms with Crippen LogP contribution in [0.15, 0.2) is 47.4 Å². The molecule has 0 aliphatic rings. The standard InChI is InChI=1S/C17H18ClNOS/c1-11-4-8-15(9-5-11)21-13(3)17(20)19-16-10-14(18)7-6-12(16)2/h4-10,13H,1-3H3,(H,19,20)/t13-/m0/s1. The zero-order chi connectivity index (χ0) is 15.4. The average Bonchev–Trinajstić information content (AvgIpc) is 2.45. The average molecular weight is 320 g/mol. The highest BCUT2D eigenvalue weighted by Gasteiger charge is 2.15. The van der Waals surface area contributed by atoms with Crippen molar-refractivity contribution in [3.63, 3.8) is 0 Å². The normalized spacial score (nSPS) is 12.0. The fourth-order valence-corrected chi connectivity index (χ4v) is 2.88. The molecule has 0 bridgehead atoms. The van der Waals surface area contributed by atoms with Crippen LogP contribution in [-0.2, 0) is 4.79 Å². The van der Waals surface area contributed by atoms with Crippen LogP contribution in [0.5, 0.6) is 0 Å². The van der Waals surface area contributed by atoms with Gasteiger partial charge in [0.05, 0.1) is 5.25 Å². The molecule has 0 fully saturated rings. The van der Waals surface area contributed by atoms with Gasteiger partial charge in [0.15, 0.2) is 0 Å². The molecule has 0 saturated carbocycles. The summed E-state index contributed by atoms with van der Waals surface area (Å²) in [6, 6.07) is 13.7. The number of nitrogens with one attached hydrogen (secondary N) is 1. The van der Waals surface area contributed by atoms with Gasteiger partial charge in [0.2, 0.25) is 5.91 Å².